The molecule has 1 fully saturated rings. The van der Waals surface area contributed by atoms with Gasteiger partial charge in [0.15, 0.2) is 29.2 Å². The van der Waals surface area contributed by atoms with Gasteiger partial charge in [0, 0.05) is 22.8 Å². The average molecular weight is 559 g/mol. The Balaban J connectivity index is 1.39. The van der Waals surface area contributed by atoms with Crippen LogP contribution in [0.4, 0.5) is 5.13 Å². The van der Waals surface area contributed by atoms with Gasteiger partial charge in [-0.2, -0.15) is 4.57 Å². The Hall–Kier alpha value is -4.44. The van der Waals surface area contributed by atoms with Gasteiger partial charge in [-0.15, -0.1) is 23.1 Å². The summed E-state index contributed by atoms with van der Waals surface area (Å²) in [6.45, 7) is 0.0374. The first-order chi connectivity index (χ1) is 18.2. The Morgan fingerprint density at radius 1 is 1.45 bits per heavy atom. The summed E-state index contributed by atoms with van der Waals surface area (Å²) < 4.78 is 6.94. The second-order valence-electron chi connectivity index (χ2n) is 8.10. The number of nitrogen functional groups attached to an aromatic ring is 1. The van der Waals surface area contributed by atoms with Crippen molar-refractivity contribution in [3.8, 4) is 0 Å². The lowest BCUT2D eigenvalue weighted by Crippen LogP contribution is -2.71. The van der Waals surface area contributed by atoms with Gasteiger partial charge in [-0.1, -0.05) is 5.16 Å². The molecule has 5 rings (SSSR count). The number of hydrogen-bond donors (Lipinski definition) is 3. The maximum Gasteiger partial charge on any atom is 0.372 e. The molecule has 16 heteroatoms. The largest absolute Gasteiger partial charge is 0.543 e. The number of pyridine rings is 1. The number of nitrogens with two attached hydrogens (primary N) is 1. The zero-order valence-corrected chi connectivity index (χ0v) is 21.1. The van der Waals surface area contributed by atoms with E-state index in [1.165, 1.54) is 30.3 Å². The lowest BCUT2D eigenvalue weighted by molar-refractivity contribution is -0.663. The van der Waals surface area contributed by atoms with Crippen molar-refractivity contribution >= 4 is 68.8 Å². The van der Waals surface area contributed by atoms with Crippen LogP contribution in [0.15, 0.2) is 50.6 Å². The fourth-order valence-electron chi connectivity index (χ4n) is 4.20. The molecule has 0 aliphatic carbocycles. The second kappa shape index (κ2) is 9.79. The van der Waals surface area contributed by atoms with Gasteiger partial charge >= 0.3 is 5.97 Å². The highest BCUT2D eigenvalue weighted by molar-refractivity contribution is 8.00. The molecule has 0 saturated carbocycles. The number of rotatable bonds is 8. The Morgan fingerprint density at radius 2 is 2.24 bits per heavy atom. The molecule has 14 nitrogen and oxygen atoms in total. The third-order valence-electron chi connectivity index (χ3n) is 5.82. The molecule has 0 spiro atoms. The minimum absolute atomic E-state index is 0.0374. The van der Waals surface area contributed by atoms with E-state index in [9.17, 15) is 29.4 Å². The number of furan rings is 1. The fraction of sp³-hybridized carbons (Fsp3) is 0.227. The van der Waals surface area contributed by atoms with E-state index < -0.39 is 35.2 Å². The lowest BCUT2D eigenvalue weighted by Gasteiger charge is -2.50. The van der Waals surface area contributed by atoms with Gasteiger partial charge in [-0.05, 0) is 6.07 Å². The highest BCUT2D eigenvalue weighted by atomic mass is 32.2. The Bertz CT molecular complexity index is 1560. The predicted molar refractivity (Wildman–Crippen MR) is 130 cm³/mol. The summed E-state index contributed by atoms with van der Waals surface area (Å²) in [6.07, 6.45) is 1.64. The minimum Gasteiger partial charge on any atom is -0.543 e. The van der Waals surface area contributed by atoms with Crippen molar-refractivity contribution in [2.24, 2.45) is 5.16 Å². The van der Waals surface area contributed by atoms with Gasteiger partial charge in [0.1, 0.15) is 24.2 Å². The van der Waals surface area contributed by atoms with Crippen LogP contribution in [-0.2, 0) is 25.8 Å². The summed E-state index contributed by atoms with van der Waals surface area (Å²) >= 11 is 2.36. The van der Waals surface area contributed by atoms with Crippen LogP contribution in [0.1, 0.15) is 16.2 Å². The molecule has 2 amide bonds. The van der Waals surface area contributed by atoms with Gasteiger partial charge < -0.3 is 35.3 Å². The third kappa shape index (κ3) is 4.32. The molecule has 1 saturated heterocycles. The lowest BCUT2D eigenvalue weighted by atomic mass is 10.0. The van der Waals surface area contributed by atoms with E-state index in [2.05, 4.69) is 15.5 Å². The average Bonchev–Trinajstić information content (AvgIpc) is 3.52. The number of thioether (sulfide) groups is 1. The van der Waals surface area contributed by atoms with Crippen molar-refractivity contribution < 1.29 is 43.2 Å². The molecule has 0 bridgehead atoms. The number of aromatic carboxylic acids is 1. The first-order valence-corrected chi connectivity index (χ1v) is 12.8. The maximum atomic E-state index is 13.0. The molecule has 1 unspecified atom stereocenters. The van der Waals surface area contributed by atoms with Crippen LogP contribution in [0.3, 0.4) is 0 Å². The number of β-lactam (4-membered cyclic amide) rings is 1. The van der Waals surface area contributed by atoms with E-state index in [0.29, 0.717) is 16.7 Å². The van der Waals surface area contributed by atoms with Crippen LogP contribution in [0.25, 0.3) is 11.1 Å². The first kappa shape index (κ1) is 25.2. The van der Waals surface area contributed by atoms with Crippen LogP contribution >= 0.6 is 23.1 Å². The number of carboxylic acid groups (broad SMARTS) is 2. The molecule has 2 aliphatic rings. The molecule has 2 atom stereocenters. The van der Waals surface area contributed by atoms with E-state index in [1.807, 2.05) is 0 Å². The summed E-state index contributed by atoms with van der Waals surface area (Å²) in [6, 6.07) is 3.53. The minimum atomic E-state index is -1.55. The molecule has 38 heavy (non-hydrogen) atoms. The number of amides is 2. The summed E-state index contributed by atoms with van der Waals surface area (Å²) in [7, 11) is 1.25. The Kier molecular flexibility index (Phi) is 6.50. The predicted octanol–water partition coefficient (Wildman–Crippen LogP) is -1.09. The maximum absolute atomic E-state index is 13.0. The van der Waals surface area contributed by atoms with Crippen LogP contribution in [0.2, 0.25) is 0 Å². The van der Waals surface area contributed by atoms with Gasteiger partial charge in [-0.25, -0.2) is 9.78 Å². The highest BCUT2D eigenvalue weighted by Crippen LogP contribution is 2.40. The van der Waals surface area contributed by atoms with Gasteiger partial charge in [0.05, 0.1) is 17.7 Å². The van der Waals surface area contributed by atoms with Crippen molar-refractivity contribution in [3.63, 3.8) is 0 Å². The molecule has 5 heterocycles. The fourth-order valence-corrected chi connectivity index (χ4v) is 6.08. The topological polar surface area (TPSA) is 204 Å². The number of hydrogen-bond acceptors (Lipinski definition) is 12. The third-order valence-corrected chi connectivity index (χ3v) is 7.84. The molecular weight excluding hydrogens is 540 g/mol. The van der Waals surface area contributed by atoms with Crippen LogP contribution in [-0.4, -0.2) is 68.7 Å². The van der Waals surface area contributed by atoms with E-state index in [-0.39, 0.29) is 40.3 Å². The number of carbonyl (C=O) groups is 4. The Morgan fingerprint density at radius 3 is 2.89 bits per heavy atom. The van der Waals surface area contributed by atoms with Gasteiger partial charge in [-0.3, -0.25) is 14.5 Å². The van der Waals surface area contributed by atoms with Crippen LogP contribution < -0.4 is 20.7 Å². The number of nitrogens with one attached hydrogen (secondary N) is 1. The van der Waals surface area contributed by atoms with Crippen molar-refractivity contribution in [2.45, 2.75) is 18.0 Å². The number of carbonyl (C=O) groups excluding carboxylic acids is 3. The number of anilines is 1. The van der Waals surface area contributed by atoms with E-state index in [0.717, 1.165) is 16.2 Å². The number of thiazole rings is 1. The monoisotopic (exact) mass is 558 g/mol. The smallest absolute Gasteiger partial charge is 0.372 e. The number of aliphatic carboxylic acids is 1. The van der Waals surface area contributed by atoms with Crippen molar-refractivity contribution in [1.29, 1.82) is 0 Å². The summed E-state index contributed by atoms with van der Waals surface area (Å²) in [4.78, 5) is 59.2. The quantitative estimate of drug-likeness (QED) is 0.131. The van der Waals surface area contributed by atoms with Crippen molar-refractivity contribution in [1.82, 2.24) is 15.2 Å². The van der Waals surface area contributed by atoms with E-state index >= 15 is 0 Å². The molecule has 3 aromatic heterocycles. The molecule has 0 radical (unpaired) electrons. The number of oxime groups is 1. The normalized spacial score (nSPS) is 19.2. The molecule has 4 N–H and O–H groups in total. The van der Waals surface area contributed by atoms with Crippen LogP contribution in [0, 0.1) is 0 Å². The van der Waals surface area contributed by atoms with Gasteiger partial charge in [0.25, 0.3) is 17.3 Å². The zero-order chi connectivity index (χ0) is 27.1. The van der Waals surface area contributed by atoms with E-state index in [1.54, 1.807) is 22.9 Å². The van der Waals surface area contributed by atoms with Crippen molar-refractivity contribution in [3.05, 3.63) is 52.5 Å². The molecule has 2 aliphatic heterocycles. The molecule has 196 valence electrons. The molecule has 0 aromatic carbocycles. The SMILES string of the molecule is CON=C(C(=O)NC1C(=O)N2C(C(=O)[O-])=C(C[n+]3cccc4oc(C(=O)O)cc43)CS[C@@H]12)c1csc(N)n1. The van der Waals surface area contributed by atoms with E-state index in [4.69, 9.17) is 15.0 Å². The first-order valence-electron chi connectivity index (χ1n) is 10.9. The zero-order valence-electron chi connectivity index (χ0n) is 19.4. The number of carboxylic acids is 2. The number of fused-ring (bicyclic) bond motifs is 2. The summed E-state index contributed by atoms with van der Waals surface area (Å²) in [5.74, 6) is -4.22. The standard InChI is InChI=1S/C22H18N6O8S2/c1-35-26-14(10-8-38-22(23)24-10)17(29)25-15-18(30)28-16(21(33)34)9(7-37-19(15)28)6-27-4-2-3-12-11(27)5-13(36-12)20(31)32/h2-5,8,15,19H,6-7H2,1H3,(H4-,23,24,25,29,31,32,33,34)/t15?,19-/m0/s1. The Labute approximate surface area is 221 Å². The number of nitrogens with zero attached hydrogens (tertiary/aromatic N) is 4. The summed E-state index contributed by atoms with van der Waals surface area (Å²) in [5.41, 5.74) is 6.44. The molecular formula is C22H18N6O8S2. The number of aromatic nitrogens is 2. The highest BCUT2D eigenvalue weighted by Gasteiger charge is 2.53. The molecule has 3 aromatic rings. The van der Waals surface area contributed by atoms with Crippen LogP contribution in [0.5, 0.6) is 0 Å². The summed E-state index contributed by atoms with van der Waals surface area (Å²) in [5, 5.41) is 28.7. The second-order valence-corrected chi connectivity index (χ2v) is 10.1. The van der Waals surface area contributed by atoms with Gasteiger partial charge in [0.2, 0.25) is 5.76 Å². The van der Waals surface area contributed by atoms with Crippen molar-refractivity contribution in [2.75, 3.05) is 18.6 Å².